The van der Waals surface area contributed by atoms with Gasteiger partial charge in [0.15, 0.2) is 5.82 Å². The molecule has 0 radical (unpaired) electrons. The molecular weight excluding hydrogens is 472 g/mol. The maximum absolute atomic E-state index is 12.9. The molecule has 1 saturated carbocycles. The lowest BCUT2D eigenvalue weighted by atomic mass is 10.1. The van der Waals surface area contributed by atoms with Crippen molar-refractivity contribution in [1.29, 1.82) is 0 Å². The SMILES string of the molecule is COc1cc(C(=O)NC2CCOCC2)ccc1Nc1ncc2c(n1)N(C1CCCC1)C[C@H](C)C(=O)N2C. The van der Waals surface area contributed by atoms with Gasteiger partial charge in [0, 0.05) is 44.5 Å². The minimum atomic E-state index is -0.132. The van der Waals surface area contributed by atoms with Crippen molar-refractivity contribution < 1.29 is 19.1 Å². The van der Waals surface area contributed by atoms with E-state index in [9.17, 15) is 9.59 Å². The topological polar surface area (TPSA) is 109 Å². The molecule has 37 heavy (non-hydrogen) atoms. The predicted octanol–water partition coefficient (Wildman–Crippen LogP) is 3.50. The molecule has 2 aliphatic heterocycles. The van der Waals surface area contributed by atoms with Crippen molar-refractivity contribution in [2.45, 2.75) is 57.5 Å². The number of ether oxygens (including phenoxy) is 2. The van der Waals surface area contributed by atoms with E-state index in [1.165, 1.54) is 12.8 Å². The summed E-state index contributed by atoms with van der Waals surface area (Å²) in [6.07, 6.45) is 7.92. The Labute approximate surface area is 217 Å². The summed E-state index contributed by atoms with van der Waals surface area (Å²) in [6, 6.07) is 5.78. The summed E-state index contributed by atoms with van der Waals surface area (Å²) in [5.41, 5.74) is 1.90. The number of anilines is 4. The summed E-state index contributed by atoms with van der Waals surface area (Å²) in [5, 5.41) is 6.35. The van der Waals surface area contributed by atoms with Crippen LogP contribution in [-0.4, -0.2) is 67.8 Å². The van der Waals surface area contributed by atoms with Crippen molar-refractivity contribution in [3.05, 3.63) is 30.0 Å². The van der Waals surface area contributed by atoms with Crippen LogP contribution >= 0.6 is 0 Å². The number of hydrogen-bond acceptors (Lipinski definition) is 8. The molecule has 0 bridgehead atoms. The highest BCUT2D eigenvalue weighted by molar-refractivity contribution is 5.99. The van der Waals surface area contributed by atoms with E-state index in [0.717, 1.165) is 37.2 Å². The number of rotatable bonds is 6. The monoisotopic (exact) mass is 508 g/mol. The summed E-state index contributed by atoms with van der Waals surface area (Å²) < 4.78 is 11.0. The number of methoxy groups -OCH3 is 1. The molecule has 0 spiro atoms. The molecule has 1 aromatic heterocycles. The van der Waals surface area contributed by atoms with Crippen molar-refractivity contribution in [3.63, 3.8) is 0 Å². The molecule has 198 valence electrons. The van der Waals surface area contributed by atoms with Gasteiger partial charge in [-0.05, 0) is 43.9 Å². The molecule has 2 amide bonds. The van der Waals surface area contributed by atoms with E-state index < -0.39 is 0 Å². The number of fused-ring (bicyclic) bond motifs is 1. The Hall–Kier alpha value is -3.40. The van der Waals surface area contributed by atoms with Crippen LogP contribution in [0.2, 0.25) is 0 Å². The average Bonchev–Trinajstić information content (AvgIpc) is 3.43. The molecule has 5 rings (SSSR count). The second-order valence-corrected chi connectivity index (χ2v) is 10.2. The Balaban J connectivity index is 1.39. The van der Waals surface area contributed by atoms with Crippen molar-refractivity contribution in [3.8, 4) is 5.75 Å². The number of nitrogens with zero attached hydrogens (tertiary/aromatic N) is 4. The molecule has 2 fully saturated rings. The molecule has 1 atom stereocenters. The molecule has 3 aliphatic rings. The minimum Gasteiger partial charge on any atom is -0.495 e. The quantitative estimate of drug-likeness (QED) is 0.610. The highest BCUT2D eigenvalue weighted by Crippen LogP contribution is 2.38. The maximum Gasteiger partial charge on any atom is 0.251 e. The fraction of sp³-hybridized carbons (Fsp3) is 0.556. The van der Waals surface area contributed by atoms with Gasteiger partial charge in [-0.1, -0.05) is 19.8 Å². The summed E-state index contributed by atoms with van der Waals surface area (Å²) in [4.78, 5) is 39.1. The lowest BCUT2D eigenvalue weighted by Gasteiger charge is -2.31. The smallest absolute Gasteiger partial charge is 0.251 e. The lowest BCUT2D eigenvalue weighted by Crippen LogP contribution is -2.38. The van der Waals surface area contributed by atoms with Crippen LogP contribution in [0.25, 0.3) is 0 Å². The number of benzene rings is 1. The number of hydrogen-bond donors (Lipinski definition) is 2. The number of amides is 2. The molecular formula is C27H36N6O4. The molecule has 10 heteroatoms. The molecule has 2 N–H and O–H groups in total. The first-order valence-corrected chi connectivity index (χ1v) is 13.2. The molecule has 10 nitrogen and oxygen atoms in total. The van der Waals surface area contributed by atoms with Crippen molar-refractivity contribution >= 4 is 35.0 Å². The van der Waals surface area contributed by atoms with Gasteiger partial charge >= 0.3 is 0 Å². The molecule has 3 heterocycles. The third-order valence-corrected chi connectivity index (χ3v) is 7.64. The Morgan fingerprint density at radius 1 is 1.16 bits per heavy atom. The molecule has 1 saturated heterocycles. The largest absolute Gasteiger partial charge is 0.495 e. The standard InChI is InChI=1S/C27H36N6O4/c1-17-16-33(20-6-4-5-7-20)24-22(32(2)26(17)35)15-28-27(31-24)30-21-9-8-18(14-23(21)36-3)25(34)29-19-10-12-37-13-11-19/h8-9,14-15,17,19-20H,4-7,10-13,16H2,1-3H3,(H,29,34)(H,28,30,31)/t17-/m0/s1. The van der Waals surface area contributed by atoms with Gasteiger partial charge in [0.2, 0.25) is 11.9 Å². The Kier molecular flexibility index (Phi) is 7.45. The first-order chi connectivity index (χ1) is 17.9. The van der Waals surface area contributed by atoms with Gasteiger partial charge in [0.05, 0.1) is 24.9 Å². The first kappa shape index (κ1) is 25.3. The zero-order valence-electron chi connectivity index (χ0n) is 21.8. The lowest BCUT2D eigenvalue weighted by molar-refractivity contribution is -0.121. The van der Waals surface area contributed by atoms with Crippen LogP contribution in [0.5, 0.6) is 5.75 Å². The number of nitrogens with one attached hydrogen (secondary N) is 2. The second kappa shape index (κ2) is 10.9. The van der Waals surface area contributed by atoms with Crippen LogP contribution in [0.4, 0.5) is 23.1 Å². The zero-order valence-corrected chi connectivity index (χ0v) is 21.8. The van der Waals surface area contributed by atoms with Gasteiger partial charge in [-0.25, -0.2) is 4.98 Å². The first-order valence-electron chi connectivity index (χ1n) is 13.2. The Bertz CT molecular complexity index is 1150. The predicted molar refractivity (Wildman–Crippen MR) is 142 cm³/mol. The van der Waals surface area contributed by atoms with Crippen molar-refractivity contribution in [1.82, 2.24) is 15.3 Å². The highest BCUT2D eigenvalue weighted by atomic mass is 16.5. The summed E-state index contributed by atoms with van der Waals surface area (Å²) >= 11 is 0. The molecule has 0 unspecified atom stereocenters. The number of carbonyl (C=O) groups excluding carboxylic acids is 2. The third-order valence-electron chi connectivity index (χ3n) is 7.64. The zero-order chi connectivity index (χ0) is 25.9. The van der Waals surface area contributed by atoms with Crippen molar-refractivity contribution in [2.24, 2.45) is 5.92 Å². The van der Waals surface area contributed by atoms with Crippen LogP contribution in [0.3, 0.4) is 0 Å². The van der Waals surface area contributed by atoms with Gasteiger partial charge in [0.1, 0.15) is 11.4 Å². The summed E-state index contributed by atoms with van der Waals surface area (Å²) in [5.74, 6) is 1.52. The van der Waals surface area contributed by atoms with Crippen LogP contribution in [0.15, 0.2) is 24.4 Å². The van der Waals surface area contributed by atoms with Crippen molar-refractivity contribution in [2.75, 3.05) is 49.0 Å². The van der Waals surface area contributed by atoms with E-state index in [4.69, 9.17) is 14.5 Å². The molecule has 1 aliphatic carbocycles. The van der Waals surface area contributed by atoms with Gasteiger partial charge in [-0.2, -0.15) is 4.98 Å². The summed E-state index contributed by atoms with van der Waals surface area (Å²) in [7, 11) is 3.36. The highest BCUT2D eigenvalue weighted by Gasteiger charge is 2.35. The fourth-order valence-corrected chi connectivity index (χ4v) is 5.49. The van der Waals surface area contributed by atoms with Crippen LogP contribution in [0, 0.1) is 5.92 Å². The number of aromatic nitrogens is 2. The van der Waals surface area contributed by atoms with E-state index in [0.29, 0.717) is 48.7 Å². The van der Waals surface area contributed by atoms with E-state index in [1.807, 2.05) is 6.92 Å². The van der Waals surface area contributed by atoms with Gasteiger partial charge < -0.3 is 29.9 Å². The Morgan fingerprint density at radius 3 is 2.65 bits per heavy atom. The third kappa shape index (κ3) is 5.34. The molecule has 2 aromatic rings. The van der Waals surface area contributed by atoms with Crippen LogP contribution in [0.1, 0.15) is 55.8 Å². The summed E-state index contributed by atoms with van der Waals surface area (Å²) in [6.45, 7) is 3.94. The van der Waals surface area contributed by atoms with Gasteiger partial charge in [-0.3, -0.25) is 9.59 Å². The average molecular weight is 509 g/mol. The second-order valence-electron chi connectivity index (χ2n) is 10.2. The van der Waals surface area contributed by atoms with Crippen LogP contribution in [-0.2, 0) is 9.53 Å². The van der Waals surface area contributed by atoms with Gasteiger partial charge in [-0.15, -0.1) is 0 Å². The van der Waals surface area contributed by atoms with E-state index in [1.54, 1.807) is 43.5 Å². The number of carbonyl (C=O) groups is 2. The fourth-order valence-electron chi connectivity index (χ4n) is 5.49. The molecule has 1 aromatic carbocycles. The van der Waals surface area contributed by atoms with E-state index in [2.05, 4.69) is 20.5 Å². The minimum absolute atomic E-state index is 0.0716. The van der Waals surface area contributed by atoms with E-state index >= 15 is 0 Å². The van der Waals surface area contributed by atoms with E-state index in [-0.39, 0.29) is 23.8 Å². The normalized spacial score (nSPS) is 20.9. The maximum atomic E-state index is 12.9. The van der Waals surface area contributed by atoms with Gasteiger partial charge in [0.25, 0.3) is 5.91 Å². The van der Waals surface area contributed by atoms with Crippen LogP contribution < -0.4 is 25.2 Å². The Morgan fingerprint density at radius 2 is 1.92 bits per heavy atom.